The molecule has 7 N–H and O–H groups in total. The molecule has 0 spiro atoms. The highest BCUT2D eigenvalue weighted by Gasteiger charge is 2.67. The van der Waals surface area contributed by atoms with E-state index in [0.717, 1.165) is 16.5 Å². The molecule has 3 fully saturated rings. The number of likely N-dealkylation sites (N-methyl/N-ethyl adjacent to an activating group) is 2. The van der Waals surface area contributed by atoms with Crippen LogP contribution < -0.4 is 16.0 Å². The van der Waals surface area contributed by atoms with Gasteiger partial charge in [-0.05, 0) is 25.7 Å². The first-order valence-corrected chi connectivity index (χ1v) is 12.1. The number of aliphatic hydroxyl groups is 4. The molecular weight excluding hydrogens is 456 g/mol. The number of nitrogens with one attached hydrogen (secondary N) is 3. The van der Waals surface area contributed by atoms with Gasteiger partial charge in [-0.2, -0.15) is 0 Å². The van der Waals surface area contributed by atoms with Gasteiger partial charge in [0.15, 0.2) is 0 Å². The fourth-order valence-electron chi connectivity index (χ4n) is 5.88. The topological polar surface area (TPSA) is 150 Å². The molecule has 9 atom stereocenters. The maximum Gasteiger partial charge on any atom is 0.249 e. The van der Waals surface area contributed by atoms with Crippen molar-refractivity contribution in [2.24, 2.45) is 7.05 Å². The second-order valence-corrected chi connectivity index (χ2v) is 9.86. The predicted octanol–water partition coefficient (Wildman–Crippen LogP) is -1.87. The minimum Gasteiger partial charge on any atom is -0.390 e. The summed E-state index contributed by atoms with van der Waals surface area (Å²) >= 11 is 0. The maximum atomic E-state index is 11.7. The Morgan fingerprint density at radius 3 is 2.54 bits per heavy atom. The zero-order chi connectivity index (χ0) is 25.0. The summed E-state index contributed by atoms with van der Waals surface area (Å²) in [4.78, 5) is 0. The Hall–Kier alpha value is -1.64. The number of aryl methyl sites for hydroxylation is 1. The average Bonchev–Trinajstić information content (AvgIpc) is 3.15. The van der Waals surface area contributed by atoms with Crippen molar-refractivity contribution < 1.29 is 34.6 Å². The number of nitrogens with zero attached hydrogens (tertiary/aromatic N) is 1. The summed E-state index contributed by atoms with van der Waals surface area (Å²) in [5.74, 6) is -2.21. The molecule has 1 saturated carbocycles. The van der Waals surface area contributed by atoms with Crippen LogP contribution in [0.5, 0.6) is 0 Å². The Balaban J connectivity index is 1.36. The third-order valence-corrected chi connectivity index (χ3v) is 7.86. The predicted molar refractivity (Wildman–Crippen MR) is 126 cm³/mol. The van der Waals surface area contributed by atoms with Crippen molar-refractivity contribution in [3.63, 3.8) is 0 Å². The number of fused-ring (bicyclic) bond motifs is 3. The summed E-state index contributed by atoms with van der Waals surface area (Å²) in [6.45, 7) is 0.629. The van der Waals surface area contributed by atoms with Gasteiger partial charge in [0, 0.05) is 43.7 Å². The average molecular weight is 493 g/mol. The first kappa shape index (κ1) is 25.0. The van der Waals surface area contributed by atoms with E-state index in [1.54, 1.807) is 14.1 Å². The Morgan fingerprint density at radius 2 is 1.80 bits per heavy atom. The van der Waals surface area contributed by atoms with Crippen LogP contribution in [0.2, 0.25) is 0 Å². The molecule has 1 aromatic carbocycles. The van der Waals surface area contributed by atoms with Gasteiger partial charge >= 0.3 is 0 Å². The highest BCUT2D eigenvalue weighted by molar-refractivity contribution is 5.83. The third-order valence-electron chi connectivity index (χ3n) is 7.86. The van der Waals surface area contributed by atoms with Crippen LogP contribution in [0.25, 0.3) is 10.9 Å². The van der Waals surface area contributed by atoms with E-state index in [-0.39, 0.29) is 19.6 Å². The van der Waals surface area contributed by atoms with Gasteiger partial charge in [-0.1, -0.05) is 18.2 Å². The number of aromatic nitrogens is 1. The van der Waals surface area contributed by atoms with Gasteiger partial charge in [-0.3, -0.25) is 0 Å². The van der Waals surface area contributed by atoms with Gasteiger partial charge in [0.25, 0.3) is 0 Å². The summed E-state index contributed by atoms with van der Waals surface area (Å²) in [6.07, 6.45) is -3.11. The van der Waals surface area contributed by atoms with Crippen molar-refractivity contribution in [1.82, 2.24) is 20.5 Å². The van der Waals surface area contributed by atoms with Crippen molar-refractivity contribution in [3.05, 3.63) is 36.0 Å². The van der Waals surface area contributed by atoms with E-state index in [1.165, 1.54) is 0 Å². The molecule has 1 aliphatic carbocycles. The minimum absolute atomic E-state index is 0.0157. The molecule has 1 aromatic heterocycles. The molecule has 35 heavy (non-hydrogen) atoms. The summed E-state index contributed by atoms with van der Waals surface area (Å²) in [7, 11) is 5.28. The molecular formula is C24H36N4O7. The lowest BCUT2D eigenvalue weighted by Crippen LogP contribution is -2.80. The minimum atomic E-state index is -2.21. The summed E-state index contributed by atoms with van der Waals surface area (Å²) in [5.41, 5.74) is 0.435. The zero-order valence-corrected chi connectivity index (χ0v) is 20.2. The quantitative estimate of drug-likeness (QED) is 0.244. The fraction of sp³-hybridized carbons (Fsp3) is 0.667. The van der Waals surface area contributed by atoms with Crippen LogP contribution in [0.3, 0.4) is 0 Å². The van der Waals surface area contributed by atoms with Crippen LogP contribution in [-0.2, 0) is 27.8 Å². The van der Waals surface area contributed by atoms with Crippen molar-refractivity contribution in [3.8, 4) is 0 Å². The van der Waals surface area contributed by atoms with E-state index in [4.69, 9.17) is 14.2 Å². The number of ether oxygens (including phenoxy) is 3. The number of benzene rings is 1. The summed E-state index contributed by atoms with van der Waals surface area (Å²) < 4.78 is 19.8. The Labute approximate surface area is 204 Å². The molecule has 194 valence electrons. The Kier molecular flexibility index (Phi) is 6.68. The van der Waals surface area contributed by atoms with Crippen LogP contribution in [0.4, 0.5) is 0 Å². The normalized spacial score (nSPS) is 41.5. The molecule has 3 heterocycles. The summed E-state index contributed by atoms with van der Waals surface area (Å²) in [6, 6.07) is 6.73. The van der Waals surface area contributed by atoms with Crippen LogP contribution in [-0.4, -0.2) is 106 Å². The van der Waals surface area contributed by atoms with Crippen molar-refractivity contribution in [2.75, 3.05) is 27.2 Å². The van der Waals surface area contributed by atoms with Crippen LogP contribution in [0.15, 0.2) is 30.5 Å². The number of aliphatic hydroxyl groups excluding tert-OH is 2. The first-order chi connectivity index (χ1) is 16.7. The van der Waals surface area contributed by atoms with Crippen LogP contribution in [0, 0.1) is 0 Å². The molecule has 2 aliphatic heterocycles. The molecule has 0 bridgehead atoms. The van der Waals surface area contributed by atoms with Gasteiger partial charge < -0.3 is 55.2 Å². The fourth-order valence-corrected chi connectivity index (χ4v) is 5.88. The van der Waals surface area contributed by atoms with E-state index < -0.39 is 54.2 Å². The SMILES string of the molecule is CNC1C(O)C(NC)C2OC3(O)C(OCCC3(O)CNCc3cn(C)c4ccccc34)OC2C1O. The monoisotopic (exact) mass is 492 g/mol. The molecule has 0 radical (unpaired) electrons. The molecule has 0 amide bonds. The van der Waals surface area contributed by atoms with E-state index in [9.17, 15) is 20.4 Å². The number of para-hydroxylation sites is 1. The molecule has 11 heteroatoms. The lowest BCUT2D eigenvalue weighted by molar-refractivity contribution is -0.475. The number of hydrogen-bond acceptors (Lipinski definition) is 10. The Morgan fingerprint density at radius 1 is 1.06 bits per heavy atom. The first-order valence-electron chi connectivity index (χ1n) is 12.1. The van der Waals surface area contributed by atoms with Gasteiger partial charge in [0.1, 0.15) is 23.9 Å². The lowest BCUT2D eigenvalue weighted by Gasteiger charge is -2.59. The maximum absolute atomic E-state index is 11.7. The molecule has 9 unspecified atom stereocenters. The number of hydrogen-bond donors (Lipinski definition) is 7. The molecule has 2 saturated heterocycles. The molecule has 3 aliphatic rings. The van der Waals surface area contributed by atoms with E-state index in [2.05, 4.69) is 16.0 Å². The Bertz CT molecular complexity index is 1050. The number of rotatable bonds is 6. The van der Waals surface area contributed by atoms with Crippen LogP contribution in [0.1, 0.15) is 12.0 Å². The van der Waals surface area contributed by atoms with Crippen molar-refractivity contribution in [2.45, 2.75) is 67.1 Å². The largest absolute Gasteiger partial charge is 0.390 e. The lowest BCUT2D eigenvalue weighted by atomic mass is 9.78. The van der Waals surface area contributed by atoms with Crippen molar-refractivity contribution >= 4 is 10.9 Å². The smallest absolute Gasteiger partial charge is 0.249 e. The molecule has 11 nitrogen and oxygen atoms in total. The van der Waals surface area contributed by atoms with Crippen molar-refractivity contribution in [1.29, 1.82) is 0 Å². The van der Waals surface area contributed by atoms with Gasteiger partial charge in [0.05, 0.1) is 24.8 Å². The van der Waals surface area contributed by atoms with E-state index >= 15 is 0 Å². The second kappa shape index (κ2) is 9.34. The standard InChI is InChI=1S/C24H36N4O7/c1-25-16-18(29)17(26-2)20-21(19(16)30)34-22-24(32,35-20)23(31,8-9-33-22)12-27-10-13-11-28(3)15-7-5-4-6-14(13)15/h4-7,11,16-22,25-27,29-32H,8-10,12H2,1-3H3. The van der Waals surface area contributed by atoms with Crippen LogP contribution >= 0.6 is 0 Å². The van der Waals surface area contributed by atoms with Gasteiger partial charge in [-0.25, -0.2) is 0 Å². The van der Waals surface area contributed by atoms with E-state index in [0.29, 0.717) is 6.54 Å². The molecule has 5 rings (SSSR count). The third kappa shape index (κ3) is 3.91. The highest BCUT2D eigenvalue weighted by atomic mass is 16.8. The summed E-state index contributed by atoms with van der Waals surface area (Å²) in [5, 5.41) is 55.2. The molecule has 2 aromatic rings. The highest BCUT2D eigenvalue weighted by Crippen LogP contribution is 2.44. The zero-order valence-electron chi connectivity index (χ0n) is 20.2. The van der Waals surface area contributed by atoms with E-state index in [1.807, 2.05) is 42.1 Å². The van der Waals surface area contributed by atoms with Gasteiger partial charge in [-0.15, -0.1) is 0 Å². The van der Waals surface area contributed by atoms with Gasteiger partial charge in [0.2, 0.25) is 12.1 Å². The second-order valence-electron chi connectivity index (χ2n) is 9.86.